The van der Waals surface area contributed by atoms with Crippen LogP contribution in [0.5, 0.6) is 0 Å². The summed E-state index contributed by atoms with van der Waals surface area (Å²) < 4.78 is 0. The zero-order valence-electron chi connectivity index (χ0n) is 13.5. The van der Waals surface area contributed by atoms with Gasteiger partial charge in [0.15, 0.2) is 5.78 Å². The molecule has 0 atom stereocenters. The minimum atomic E-state index is -0.0401. The van der Waals surface area contributed by atoms with E-state index in [0.29, 0.717) is 11.4 Å². The van der Waals surface area contributed by atoms with E-state index in [1.165, 1.54) is 0 Å². The second-order valence-corrected chi connectivity index (χ2v) is 6.88. The predicted molar refractivity (Wildman–Crippen MR) is 97.7 cm³/mol. The van der Waals surface area contributed by atoms with Crippen molar-refractivity contribution in [3.8, 4) is 10.4 Å². The fourth-order valence-electron chi connectivity index (χ4n) is 2.57. The van der Waals surface area contributed by atoms with E-state index in [1.54, 1.807) is 42.1 Å². The quantitative estimate of drug-likeness (QED) is 0.525. The van der Waals surface area contributed by atoms with Crippen molar-refractivity contribution in [3.63, 3.8) is 0 Å². The largest absolute Gasteiger partial charge is 0.294 e. The zero-order chi connectivity index (χ0) is 17.2. The Kier molecular flexibility index (Phi) is 4.03. The summed E-state index contributed by atoms with van der Waals surface area (Å²) in [4.78, 5) is 30.6. The maximum Gasteiger partial charge on any atom is 0.171 e. The fourth-order valence-corrected chi connectivity index (χ4v) is 3.34. The highest BCUT2D eigenvalue weighted by atomic mass is 32.1. The molecule has 4 rings (SSSR count). The van der Waals surface area contributed by atoms with Crippen LogP contribution >= 0.6 is 11.3 Å². The molecule has 0 radical (unpaired) electrons. The lowest BCUT2D eigenvalue weighted by molar-refractivity contribution is 0.0990. The number of ketones is 1. The highest BCUT2D eigenvalue weighted by Gasteiger charge is 2.10. The zero-order valence-corrected chi connectivity index (χ0v) is 14.3. The average Bonchev–Trinajstić information content (AvgIpc) is 3.08. The Morgan fingerprint density at radius 2 is 2.04 bits per heavy atom. The summed E-state index contributed by atoms with van der Waals surface area (Å²) in [5, 5.41) is 1.98. The molecule has 0 spiro atoms. The van der Waals surface area contributed by atoms with E-state index in [9.17, 15) is 4.79 Å². The number of fused-ring (bicyclic) bond motifs is 1. The van der Waals surface area contributed by atoms with Gasteiger partial charge in [0, 0.05) is 35.7 Å². The van der Waals surface area contributed by atoms with Crippen molar-refractivity contribution >= 4 is 28.0 Å². The van der Waals surface area contributed by atoms with Crippen LogP contribution in [-0.2, 0) is 6.42 Å². The van der Waals surface area contributed by atoms with Crippen LogP contribution in [0, 0.1) is 6.92 Å². The van der Waals surface area contributed by atoms with E-state index >= 15 is 0 Å². The Balaban J connectivity index is 1.66. The summed E-state index contributed by atoms with van der Waals surface area (Å²) in [5.41, 5.74) is 2.47. The van der Waals surface area contributed by atoms with Crippen molar-refractivity contribution in [3.05, 3.63) is 71.5 Å². The third-order valence-electron chi connectivity index (χ3n) is 3.84. The van der Waals surface area contributed by atoms with Crippen molar-refractivity contribution in [2.75, 3.05) is 0 Å². The molecule has 0 fully saturated rings. The van der Waals surface area contributed by atoms with Crippen LogP contribution in [0.25, 0.3) is 21.3 Å². The molecule has 25 heavy (non-hydrogen) atoms. The molecular formula is C19H14N4OS. The minimum Gasteiger partial charge on any atom is -0.294 e. The summed E-state index contributed by atoms with van der Waals surface area (Å²) in [5.74, 6) is 0.473. The summed E-state index contributed by atoms with van der Waals surface area (Å²) >= 11 is 1.65. The van der Waals surface area contributed by atoms with E-state index in [1.807, 2.05) is 31.3 Å². The van der Waals surface area contributed by atoms with Gasteiger partial charge in [-0.25, -0.2) is 15.0 Å². The van der Waals surface area contributed by atoms with Gasteiger partial charge in [-0.15, -0.1) is 11.3 Å². The predicted octanol–water partition coefficient (Wildman–Crippen LogP) is 3.88. The summed E-state index contributed by atoms with van der Waals surface area (Å²) in [6, 6.07) is 9.55. The molecule has 3 heterocycles. The fraction of sp³-hybridized carbons (Fsp3) is 0.105. The molecule has 0 aliphatic carbocycles. The number of hydrogen-bond acceptors (Lipinski definition) is 6. The Morgan fingerprint density at radius 1 is 1.12 bits per heavy atom. The van der Waals surface area contributed by atoms with Gasteiger partial charge in [-0.3, -0.25) is 9.78 Å². The van der Waals surface area contributed by atoms with Crippen molar-refractivity contribution in [2.24, 2.45) is 0 Å². The van der Waals surface area contributed by atoms with Crippen molar-refractivity contribution in [2.45, 2.75) is 13.3 Å². The van der Waals surface area contributed by atoms with E-state index in [-0.39, 0.29) is 12.2 Å². The van der Waals surface area contributed by atoms with Gasteiger partial charge in [-0.05, 0) is 30.7 Å². The highest BCUT2D eigenvalue weighted by molar-refractivity contribution is 7.15. The maximum atomic E-state index is 12.3. The molecule has 3 aromatic heterocycles. The van der Waals surface area contributed by atoms with Crippen LogP contribution in [0.15, 0.2) is 55.1 Å². The molecule has 5 nitrogen and oxygen atoms in total. The Hall–Kier alpha value is -2.99. The molecule has 0 bridgehead atoms. The molecule has 0 saturated carbocycles. The Morgan fingerprint density at radius 3 is 2.80 bits per heavy atom. The minimum absolute atomic E-state index is 0.0401. The van der Waals surface area contributed by atoms with Crippen LogP contribution in [0.4, 0.5) is 0 Å². The first kappa shape index (κ1) is 15.5. The van der Waals surface area contributed by atoms with Gasteiger partial charge in [0.25, 0.3) is 0 Å². The van der Waals surface area contributed by atoms with Gasteiger partial charge in [-0.1, -0.05) is 12.1 Å². The average molecular weight is 346 g/mol. The molecule has 0 unspecified atom stereocenters. The van der Waals surface area contributed by atoms with E-state index < -0.39 is 0 Å². The second-order valence-electron chi connectivity index (χ2n) is 5.65. The normalized spacial score (nSPS) is 10.9. The first-order valence-electron chi connectivity index (χ1n) is 7.81. The first-order chi connectivity index (χ1) is 12.2. The van der Waals surface area contributed by atoms with Gasteiger partial charge in [0.2, 0.25) is 0 Å². The Labute approximate surface area is 148 Å². The lowest BCUT2D eigenvalue weighted by Crippen LogP contribution is -2.07. The number of carbonyl (C=O) groups is 1. The van der Waals surface area contributed by atoms with Crippen molar-refractivity contribution in [1.82, 2.24) is 19.9 Å². The molecule has 0 N–H and O–H groups in total. The third-order valence-corrected chi connectivity index (χ3v) is 4.80. The second kappa shape index (κ2) is 6.49. The van der Waals surface area contributed by atoms with Gasteiger partial charge < -0.3 is 0 Å². The number of thiazole rings is 1. The lowest BCUT2D eigenvalue weighted by atomic mass is 10.1. The van der Waals surface area contributed by atoms with Crippen LogP contribution in [-0.4, -0.2) is 25.7 Å². The summed E-state index contributed by atoms with van der Waals surface area (Å²) in [6.07, 6.45) is 7.00. The van der Waals surface area contributed by atoms with E-state index in [4.69, 9.17) is 0 Å². The monoisotopic (exact) mass is 346 g/mol. The molecular weight excluding hydrogens is 332 g/mol. The number of hydrogen-bond donors (Lipinski definition) is 0. The number of carbonyl (C=O) groups excluding carboxylic acids is 1. The van der Waals surface area contributed by atoms with Gasteiger partial charge in [0.1, 0.15) is 5.82 Å². The smallest absolute Gasteiger partial charge is 0.171 e. The van der Waals surface area contributed by atoms with Gasteiger partial charge >= 0.3 is 0 Å². The maximum absolute atomic E-state index is 12.3. The third kappa shape index (κ3) is 3.29. The van der Waals surface area contributed by atoms with Gasteiger partial charge in [-0.2, -0.15) is 0 Å². The topological polar surface area (TPSA) is 68.6 Å². The molecule has 6 heteroatoms. The number of rotatable bonds is 4. The molecule has 4 aromatic rings. The highest BCUT2D eigenvalue weighted by Crippen LogP contribution is 2.28. The first-order valence-corrected chi connectivity index (χ1v) is 8.62. The Bertz CT molecular complexity index is 1060. The van der Waals surface area contributed by atoms with Crippen LogP contribution in [0.3, 0.4) is 0 Å². The van der Waals surface area contributed by atoms with E-state index in [2.05, 4.69) is 19.9 Å². The van der Waals surface area contributed by atoms with Gasteiger partial charge in [0.05, 0.1) is 21.8 Å². The SMILES string of the molecule is Cc1ncc(-c2ccc3cnc(CC(=O)c4cccnc4)nc3c2)s1. The van der Waals surface area contributed by atoms with Crippen LogP contribution in [0.2, 0.25) is 0 Å². The lowest BCUT2D eigenvalue weighted by Gasteiger charge is -2.04. The molecule has 0 amide bonds. The van der Waals surface area contributed by atoms with Crippen LogP contribution < -0.4 is 0 Å². The molecule has 1 aromatic carbocycles. The number of nitrogens with zero attached hydrogens (tertiary/aromatic N) is 4. The van der Waals surface area contributed by atoms with Crippen LogP contribution in [0.1, 0.15) is 21.2 Å². The standard InChI is InChI=1S/C19H14N4OS/c1-12-21-11-18(25-12)13-4-5-14-10-22-19(23-16(14)7-13)8-17(24)15-3-2-6-20-9-15/h2-7,9-11H,8H2,1H3. The van der Waals surface area contributed by atoms with Crippen molar-refractivity contribution < 1.29 is 4.79 Å². The molecule has 0 aliphatic rings. The number of benzene rings is 1. The number of aryl methyl sites for hydroxylation is 1. The summed E-state index contributed by atoms with van der Waals surface area (Å²) in [7, 11) is 0. The molecule has 0 saturated heterocycles. The molecule has 122 valence electrons. The summed E-state index contributed by atoms with van der Waals surface area (Å²) in [6.45, 7) is 1.99. The number of pyridine rings is 1. The molecule has 0 aliphatic heterocycles. The van der Waals surface area contributed by atoms with Crippen molar-refractivity contribution in [1.29, 1.82) is 0 Å². The number of Topliss-reactive ketones (excluding diaryl/α,β-unsaturated/α-hetero) is 1. The number of aromatic nitrogens is 4. The van der Waals surface area contributed by atoms with E-state index in [0.717, 1.165) is 26.4 Å².